The van der Waals surface area contributed by atoms with Crippen molar-refractivity contribution in [2.75, 3.05) is 32.8 Å². The van der Waals surface area contributed by atoms with Crippen LogP contribution < -0.4 is 10.6 Å². The van der Waals surface area contributed by atoms with Crippen molar-refractivity contribution in [3.05, 3.63) is 0 Å². The monoisotopic (exact) mass is 510 g/mol. The molecule has 2 N–H and O–H groups in total. The van der Waals surface area contributed by atoms with Gasteiger partial charge in [-0.25, -0.2) is 0 Å². The first-order chi connectivity index (χ1) is 13.0. The van der Waals surface area contributed by atoms with Crippen molar-refractivity contribution in [2.24, 2.45) is 10.9 Å². The first-order valence-electron chi connectivity index (χ1n) is 10.5. The van der Waals surface area contributed by atoms with Crippen LogP contribution in [0.15, 0.2) is 4.99 Å². The quantitative estimate of drug-likeness (QED) is 0.147. The fraction of sp³-hybridized carbons (Fsp3) is 0.850. The number of hydrogen-bond acceptors (Lipinski definition) is 4. The summed E-state index contributed by atoms with van der Waals surface area (Å²) in [7, 11) is 0. The molecule has 0 spiro atoms. The first-order valence-corrected chi connectivity index (χ1v) is 10.5. The van der Waals surface area contributed by atoms with E-state index in [9.17, 15) is 9.59 Å². The van der Waals surface area contributed by atoms with Crippen LogP contribution in [0.25, 0.3) is 0 Å². The molecule has 28 heavy (non-hydrogen) atoms. The second kappa shape index (κ2) is 15.8. The van der Waals surface area contributed by atoms with Crippen molar-refractivity contribution in [2.45, 2.75) is 72.3 Å². The Balaban J connectivity index is 0.00000729. The van der Waals surface area contributed by atoms with Gasteiger partial charge < -0.3 is 20.3 Å². The normalized spacial score (nSPS) is 16.7. The Hall–Kier alpha value is -1.06. The number of carbonyl (C=O) groups is 2. The molecule has 1 fully saturated rings. The van der Waals surface area contributed by atoms with E-state index in [4.69, 9.17) is 4.74 Å². The maximum absolute atomic E-state index is 12.1. The highest BCUT2D eigenvalue weighted by molar-refractivity contribution is 14.0. The Morgan fingerprint density at radius 1 is 1.18 bits per heavy atom. The number of carbonyl (C=O) groups excluding carboxylic acids is 2. The summed E-state index contributed by atoms with van der Waals surface area (Å²) in [6.45, 7) is 11.4. The van der Waals surface area contributed by atoms with Gasteiger partial charge in [0.2, 0.25) is 5.91 Å². The summed E-state index contributed by atoms with van der Waals surface area (Å²) in [4.78, 5) is 30.0. The van der Waals surface area contributed by atoms with Crippen LogP contribution in [0.2, 0.25) is 0 Å². The van der Waals surface area contributed by atoms with Gasteiger partial charge in [0.25, 0.3) is 0 Å². The Morgan fingerprint density at radius 2 is 1.89 bits per heavy atom. The molecule has 0 saturated carbocycles. The topological polar surface area (TPSA) is 83.0 Å². The molecule has 1 aliphatic heterocycles. The predicted molar refractivity (Wildman–Crippen MR) is 124 cm³/mol. The number of nitrogens with one attached hydrogen (secondary N) is 2. The van der Waals surface area contributed by atoms with E-state index >= 15 is 0 Å². The zero-order valence-corrected chi connectivity index (χ0v) is 20.3. The van der Waals surface area contributed by atoms with E-state index in [1.165, 1.54) is 0 Å². The van der Waals surface area contributed by atoms with Gasteiger partial charge in [-0.15, -0.1) is 24.0 Å². The van der Waals surface area contributed by atoms with Crippen LogP contribution in [-0.2, 0) is 14.3 Å². The van der Waals surface area contributed by atoms with E-state index in [0.717, 1.165) is 64.2 Å². The van der Waals surface area contributed by atoms with Crippen LogP contribution in [0.4, 0.5) is 0 Å². The lowest BCUT2D eigenvalue weighted by Crippen LogP contribution is -2.45. The number of nitrogens with zero attached hydrogens (tertiary/aromatic N) is 2. The molecule has 1 unspecified atom stereocenters. The molecular weight excluding hydrogens is 471 g/mol. The van der Waals surface area contributed by atoms with Crippen molar-refractivity contribution >= 4 is 41.8 Å². The number of esters is 1. The van der Waals surface area contributed by atoms with E-state index < -0.39 is 0 Å². The molecule has 1 aliphatic rings. The highest BCUT2D eigenvalue weighted by Crippen LogP contribution is 2.12. The Morgan fingerprint density at radius 3 is 2.54 bits per heavy atom. The molecular formula is C20H39IN4O3. The first kappa shape index (κ1) is 26.9. The molecule has 164 valence electrons. The van der Waals surface area contributed by atoms with Gasteiger partial charge in [0.1, 0.15) is 0 Å². The highest BCUT2D eigenvalue weighted by Gasteiger charge is 2.27. The van der Waals surface area contributed by atoms with Crippen molar-refractivity contribution in [1.82, 2.24) is 15.5 Å². The molecule has 1 amide bonds. The number of halogens is 1. The fourth-order valence-corrected chi connectivity index (χ4v) is 3.12. The summed E-state index contributed by atoms with van der Waals surface area (Å²) in [5.74, 6) is 1.00. The fourth-order valence-electron chi connectivity index (χ4n) is 3.12. The third-order valence-electron chi connectivity index (χ3n) is 4.54. The number of likely N-dealkylation sites (tertiary alicyclic amines) is 1. The minimum atomic E-state index is -0.101. The Kier molecular flexibility index (Phi) is 15.2. The zero-order valence-electron chi connectivity index (χ0n) is 18.0. The largest absolute Gasteiger partial charge is 0.466 e. The van der Waals surface area contributed by atoms with Crippen LogP contribution in [-0.4, -0.2) is 61.6 Å². The second-order valence-electron chi connectivity index (χ2n) is 7.30. The number of amides is 1. The van der Waals surface area contributed by atoms with E-state index in [0.29, 0.717) is 13.0 Å². The molecule has 1 saturated heterocycles. The summed E-state index contributed by atoms with van der Waals surface area (Å²) >= 11 is 0. The lowest BCUT2D eigenvalue weighted by atomic mass is 10.1. The van der Waals surface area contributed by atoms with Crippen LogP contribution in [0.5, 0.6) is 0 Å². The lowest BCUT2D eigenvalue weighted by molar-refractivity contribution is -0.143. The average molecular weight is 510 g/mol. The van der Waals surface area contributed by atoms with Gasteiger partial charge in [-0.2, -0.15) is 0 Å². The summed E-state index contributed by atoms with van der Waals surface area (Å²) in [6, 6.07) is 0.259. The van der Waals surface area contributed by atoms with Gasteiger partial charge in [-0.1, -0.05) is 26.7 Å². The van der Waals surface area contributed by atoms with Crippen molar-refractivity contribution in [3.63, 3.8) is 0 Å². The molecule has 0 aromatic heterocycles. The predicted octanol–water partition coefficient (Wildman–Crippen LogP) is 2.93. The number of rotatable bonds is 11. The van der Waals surface area contributed by atoms with Crippen LogP contribution >= 0.6 is 24.0 Å². The van der Waals surface area contributed by atoms with Gasteiger partial charge in [0.05, 0.1) is 6.61 Å². The highest BCUT2D eigenvalue weighted by atomic mass is 127. The van der Waals surface area contributed by atoms with Gasteiger partial charge >= 0.3 is 5.97 Å². The SMILES string of the molecule is CCNC(=NCCCCCCC(=O)OCC)NC1CCN(C(=O)C(C)C)C1.I. The van der Waals surface area contributed by atoms with Crippen molar-refractivity contribution < 1.29 is 14.3 Å². The van der Waals surface area contributed by atoms with Crippen LogP contribution in [0.3, 0.4) is 0 Å². The number of hydrogen-bond donors (Lipinski definition) is 2. The van der Waals surface area contributed by atoms with Crippen LogP contribution in [0.1, 0.15) is 66.2 Å². The van der Waals surface area contributed by atoms with E-state index in [-0.39, 0.29) is 47.8 Å². The molecule has 0 aliphatic carbocycles. The van der Waals surface area contributed by atoms with Crippen molar-refractivity contribution in [3.8, 4) is 0 Å². The maximum Gasteiger partial charge on any atom is 0.305 e. The molecule has 0 bridgehead atoms. The van der Waals surface area contributed by atoms with Gasteiger partial charge in [0.15, 0.2) is 5.96 Å². The van der Waals surface area contributed by atoms with Gasteiger partial charge in [-0.3, -0.25) is 14.6 Å². The van der Waals surface area contributed by atoms with Gasteiger partial charge in [0, 0.05) is 44.6 Å². The molecule has 1 heterocycles. The summed E-state index contributed by atoms with van der Waals surface area (Å²) in [6.07, 6.45) is 5.42. The molecule has 0 aromatic carbocycles. The Labute approximate surface area is 187 Å². The minimum Gasteiger partial charge on any atom is -0.466 e. The lowest BCUT2D eigenvalue weighted by Gasteiger charge is -2.20. The Bertz CT molecular complexity index is 486. The molecule has 8 heteroatoms. The third-order valence-corrected chi connectivity index (χ3v) is 4.54. The molecule has 0 aromatic rings. The number of ether oxygens (including phenoxy) is 1. The van der Waals surface area contributed by atoms with Crippen LogP contribution in [0, 0.1) is 5.92 Å². The van der Waals surface area contributed by atoms with E-state index in [1.54, 1.807) is 0 Å². The minimum absolute atomic E-state index is 0. The van der Waals surface area contributed by atoms with E-state index in [2.05, 4.69) is 22.5 Å². The summed E-state index contributed by atoms with van der Waals surface area (Å²) in [5.41, 5.74) is 0. The standard InChI is InChI=1S/C20H38N4O3.HI/c1-5-21-20(22-13-10-8-7-9-11-18(25)27-6-2)23-17-12-14-24(15-17)19(26)16(3)4;/h16-17H,5-15H2,1-4H3,(H2,21,22,23);1H. The van der Waals surface area contributed by atoms with Crippen molar-refractivity contribution in [1.29, 1.82) is 0 Å². The molecule has 0 radical (unpaired) electrons. The number of guanidine groups is 1. The molecule has 1 rings (SSSR count). The van der Waals surface area contributed by atoms with Gasteiger partial charge in [-0.05, 0) is 33.1 Å². The smallest absolute Gasteiger partial charge is 0.305 e. The molecule has 7 nitrogen and oxygen atoms in total. The summed E-state index contributed by atoms with van der Waals surface area (Å²) in [5, 5.41) is 6.74. The second-order valence-corrected chi connectivity index (χ2v) is 7.30. The zero-order chi connectivity index (χ0) is 20.1. The summed E-state index contributed by atoms with van der Waals surface area (Å²) < 4.78 is 4.92. The average Bonchev–Trinajstić information content (AvgIpc) is 3.08. The van der Waals surface area contributed by atoms with E-state index in [1.807, 2.05) is 25.7 Å². The number of unbranched alkanes of at least 4 members (excludes halogenated alkanes) is 3. The maximum atomic E-state index is 12.1. The third kappa shape index (κ3) is 11.1. The number of aliphatic imine (C=N–C) groups is 1. The molecule has 1 atom stereocenters.